The number of hydrogen-bond donors (Lipinski definition) is 1. The molecular weight excluding hydrogens is 198 g/mol. The average molecular weight is 213 g/mol. The molecule has 1 atom stereocenters. The number of nitrogens with zero attached hydrogens (tertiary/aromatic N) is 1. The molecule has 0 amide bonds. The van der Waals surface area contributed by atoms with Crippen LogP contribution in [0.25, 0.3) is 0 Å². The van der Waals surface area contributed by atoms with Gasteiger partial charge in [0.2, 0.25) is 5.88 Å². The van der Waals surface area contributed by atoms with Crippen LogP contribution in [0, 0.1) is 0 Å². The van der Waals surface area contributed by atoms with Gasteiger partial charge in [-0.2, -0.15) is 0 Å². The van der Waals surface area contributed by atoms with Crippen LogP contribution in [0.3, 0.4) is 0 Å². The van der Waals surface area contributed by atoms with Gasteiger partial charge in [-0.15, -0.1) is 11.8 Å². The SMILES string of the molecule is COc1cccc(SC(C)CCO)n1. The zero-order chi connectivity index (χ0) is 10.4. The average Bonchev–Trinajstić information content (AvgIpc) is 2.18. The van der Waals surface area contributed by atoms with Gasteiger partial charge in [-0.05, 0) is 12.5 Å². The third kappa shape index (κ3) is 3.55. The van der Waals surface area contributed by atoms with Crippen molar-refractivity contribution in [2.45, 2.75) is 23.6 Å². The molecule has 0 fully saturated rings. The summed E-state index contributed by atoms with van der Waals surface area (Å²) in [6, 6.07) is 5.68. The van der Waals surface area contributed by atoms with Gasteiger partial charge < -0.3 is 9.84 Å². The van der Waals surface area contributed by atoms with E-state index in [1.165, 1.54) is 0 Å². The Labute approximate surface area is 88.5 Å². The summed E-state index contributed by atoms with van der Waals surface area (Å²) in [6.45, 7) is 2.29. The van der Waals surface area contributed by atoms with Crippen molar-refractivity contribution < 1.29 is 9.84 Å². The second kappa shape index (κ2) is 5.88. The molecule has 0 saturated carbocycles. The maximum absolute atomic E-state index is 8.76. The summed E-state index contributed by atoms with van der Waals surface area (Å²) >= 11 is 1.65. The van der Waals surface area contributed by atoms with Crippen LogP contribution in [-0.4, -0.2) is 29.1 Å². The van der Waals surface area contributed by atoms with E-state index in [1.807, 2.05) is 18.2 Å². The maximum Gasteiger partial charge on any atom is 0.213 e. The van der Waals surface area contributed by atoms with Crippen molar-refractivity contribution in [3.8, 4) is 5.88 Å². The van der Waals surface area contributed by atoms with Crippen LogP contribution in [-0.2, 0) is 0 Å². The highest BCUT2D eigenvalue weighted by Gasteiger charge is 2.05. The van der Waals surface area contributed by atoms with Crippen LogP contribution in [0.1, 0.15) is 13.3 Å². The molecule has 0 aromatic carbocycles. The second-order valence-corrected chi connectivity index (χ2v) is 4.42. The lowest BCUT2D eigenvalue weighted by atomic mass is 10.3. The monoisotopic (exact) mass is 213 g/mol. The Balaban J connectivity index is 2.57. The van der Waals surface area contributed by atoms with Crippen molar-refractivity contribution in [1.29, 1.82) is 0 Å². The summed E-state index contributed by atoms with van der Waals surface area (Å²) in [5.74, 6) is 0.631. The summed E-state index contributed by atoms with van der Waals surface area (Å²) in [6.07, 6.45) is 0.781. The quantitative estimate of drug-likeness (QED) is 0.759. The minimum absolute atomic E-state index is 0.220. The molecule has 3 nitrogen and oxygen atoms in total. The number of ether oxygens (including phenoxy) is 1. The predicted octanol–water partition coefficient (Wildman–Crippen LogP) is 1.95. The number of methoxy groups -OCH3 is 1. The molecular formula is C10H15NO2S. The summed E-state index contributed by atoms with van der Waals surface area (Å²) in [7, 11) is 1.61. The van der Waals surface area contributed by atoms with Crippen molar-refractivity contribution in [1.82, 2.24) is 4.98 Å². The van der Waals surface area contributed by atoms with Gasteiger partial charge in [-0.3, -0.25) is 0 Å². The van der Waals surface area contributed by atoms with Gasteiger partial charge >= 0.3 is 0 Å². The molecule has 1 rings (SSSR count). The molecule has 1 heterocycles. The summed E-state index contributed by atoms with van der Waals surface area (Å²) in [5.41, 5.74) is 0. The number of hydrogen-bond acceptors (Lipinski definition) is 4. The zero-order valence-electron chi connectivity index (χ0n) is 8.43. The normalized spacial score (nSPS) is 12.5. The molecule has 0 radical (unpaired) electrons. The van der Waals surface area contributed by atoms with Crippen LogP contribution in [0.4, 0.5) is 0 Å². The number of rotatable bonds is 5. The minimum Gasteiger partial charge on any atom is -0.481 e. The first-order chi connectivity index (χ1) is 6.76. The lowest BCUT2D eigenvalue weighted by Gasteiger charge is -2.08. The lowest BCUT2D eigenvalue weighted by Crippen LogP contribution is -2.00. The summed E-state index contributed by atoms with van der Waals surface area (Å²) < 4.78 is 5.02. The Kier molecular flexibility index (Phi) is 4.76. The van der Waals surface area contributed by atoms with Crippen molar-refractivity contribution in [2.24, 2.45) is 0 Å². The molecule has 0 saturated heterocycles. The van der Waals surface area contributed by atoms with E-state index in [1.54, 1.807) is 18.9 Å². The largest absolute Gasteiger partial charge is 0.481 e. The Bertz CT molecular complexity index is 281. The van der Waals surface area contributed by atoms with Gasteiger partial charge in [0.05, 0.1) is 7.11 Å². The van der Waals surface area contributed by atoms with E-state index in [0.29, 0.717) is 11.1 Å². The van der Waals surface area contributed by atoms with Crippen LogP contribution >= 0.6 is 11.8 Å². The number of thioether (sulfide) groups is 1. The second-order valence-electron chi connectivity index (χ2n) is 2.96. The summed E-state index contributed by atoms with van der Waals surface area (Å²) in [5, 5.41) is 10.1. The Morgan fingerprint density at radius 2 is 2.36 bits per heavy atom. The smallest absolute Gasteiger partial charge is 0.213 e. The van der Waals surface area contributed by atoms with Gasteiger partial charge in [0.1, 0.15) is 5.03 Å². The van der Waals surface area contributed by atoms with Gasteiger partial charge in [0.15, 0.2) is 0 Å². The fourth-order valence-corrected chi connectivity index (χ4v) is 1.96. The molecule has 1 N–H and O–H groups in total. The first-order valence-electron chi connectivity index (χ1n) is 4.55. The predicted molar refractivity (Wildman–Crippen MR) is 57.8 cm³/mol. The Morgan fingerprint density at radius 1 is 1.57 bits per heavy atom. The molecule has 4 heteroatoms. The number of aliphatic hydroxyl groups excluding tert-OH is 1. The van der Waals surface area contributed by atoms with Crippen molar-refractivity contribution in [2.75, 3.05) is 13.7 Å². The van der Waals surface area contributed by atoms with Gasteiger partial charge in [-0.25, -0.2) is 4.98 Å². The third-order valence-electron chi connectivity index (χ3n) is 1.76. The molecule has 1 unspecified atom stereocenters. The Hall–Kier alpha value is -0.740. The van der Waals surface area contributed by atoms with Crippen LogP contribution < -0.4 is 4.74 Å². The molecule has 0 aliphatic heterocycles. The lowest BCUT2D eigenvalue weighted by molar-refractivity contribution is 0.289. The minimum atomic E-state index is 0.220. The van der Waals surface area contributed by atoms with Gasteiger partial charge in [-0.1, -0.05) is 13.0 Å². The molecule has 0 spiro atoms. The number of aliphatic hydroxyl groups is 1. The molecule has 0 aliphatic carbocycles. The Morgan fingerprint density at radius 3 is 3.00 bits per heavy atom. The van der Waals surface area contributed by atoms with Crippen LogP contribution in [0.15, 0.2) is 23.2 Å². The summed E-state index contributed by atoms with van der Waals surface area (Å²) in [4.78, 5) is 4.27. The fourth-order valence-electron chi connectivity index (χ4n) is 1.02. The third-order valence-corrected chi connectivity index (χ3v) is 2.87. The van der Waals surface area contributed by atoms with E-state index in [-0.39, 0.29) is 6.61 Å². The zero-order valence-corrected chi connectivity index (χ0v) is 9.25. The molecule has 1 aromatic rings. The van der Waals surface area contributed by atoms with Crippen molar-refractivity contribution >= 4 is 11.8 Å². The van der Waals surface area contributed by atoms with E-state index in [4.69, 9.17) is 9.84 Å². The van der Waals surface area contributed by atoms with Gasteiger partial charge in [0, 0.05) is 17.9 Å². The van der Waals surface area contributed by atoms with Crippen molar-refractivity contribution in [3.05, 3.63) is 18.2 Å². The van der Waals surface area contributed by atoms with E-state index in [9.17, 15) is 0 Å². The highest BCUT2D eigenvalue weighted by molar-refractivity contribution is 7.99. The standard InChI is InChI=1S/C10H15NO2S/c1-8(6-7-12)14-10-5-3-4-9(11-10)13-2/h3-5,8,12H,6-7H2,1-2H3. The van der Waals surface area contributed by atoms with E-state index < -0.39 is 0 Å². The van der Waals surface area contributed by atoms with E-state index >= 15 is 0 Å². The molecule has 0 bridgehead atoms. The number of pyridine rings is 1. The molecule has 0 aliphatic rings. The first-order valence-corrected chi connectivity index (χ1v) is 5.42. The van der Waals surface area contributed by atoms with Crippen LogP contribution in [0.2, 0.25) is 0 Å². The molecule has 14 heavy (non-hydrogen) atoms. The van der Waals surface area contributed by atoms with Crippen LogP contribution in [0.5, 0.6) is 5.88 Å². The number of aromatic nitrogens is 1. The molecule has 78 valence electrons. The first kappa shape index (κ1) is 11.3. The van der Waals surface area contributed by atoms with Crippen molar-refractivity contribution in [3.63, 3.8) is 0 Å². The van der Waals surface area contributed by atoms with Gasteiger partial charge in [0.25, 0.3) is 0 Å². The van der Waals surface area contributed by atoms with E-state index in [2.05, 4.69) is 11.9 Å². The highest BCUT2D eigenvalue weighted by atomic mass is 32.2. The molecule has 1 aromatic heterocycles. The fraction of sp³-hybridized carbons (Fsp3) is 0.500. The van der Waals surface area contributed by atoms with E-state index in [0.717, 1.165) is 11.4 Å². The highest BCUT2D eigenvalue weighted by Crippen LogP contribution is 2.24. The maximum atomic E-state index is 8.76. The topological polar surface area (TPSA) is 42.4 Å².